The molecule has 0 bridgehead atoms. The molecule has 1 heterocycles. The van der Waals surface area contributed by atoms with Gasteiger partial charge in [0.25, 0.3) is 0 Å². The average Bonchev–Trinajstić information content (AvgIpc) is 2.30. The van der Waals surface area contributed by atoms with Gasteiger partial charge >= 0.3 is 0 Å². The third-order valence-electron chi connectivity index (χ3n) is 3.88. The number of hydrogen-bond donors (Lipinski definition) is 2. The van der Waals surface area contributed by atoms with Crippen LogP contribution in [-0.4, -0.2) is 55.1 Å². The van der Waals surface area contributed by atoms with Gasteiger partial charge in [-0.15, -0.1) is 0 Å². The lowest BCUT2D eigenvalue weighted by atomic mass is 9.90. The summed E-state index contributed by atoms with van der Waals surface area (Å²) in [5.74, 6) is 0. The van der Waals surface area contributed by atoms with E-state index in [1.54, 1.807) is 0 Å². The van der Waals surface area contributed by atoms with E-state index in [0.29, 0.717) is 6.04 Å². The summed E-state index contributed by atoms with van der Waals surface area (Å²) in [7, 11) is 2.22. The molecule has 2 unspecified atom stereocenters. The normalized spacial score (nSPS) is 35.6. The molecule has 1 saturated heterocycles. The zero-order valence-electron chi connectivity index (χ0n) is 9.65. The van der Waals surface area contributed by atoms with Crippen LogP contribution in [0.4, 0.5) is 0 Å². The highest BCUT2D eigenvalue weighted by molar-refractivity contribution is 7.78. The van der Waals surface area contributed by atoms with Gasteiger partial charge in [0.15, 0.2) is 0 Å². The van der Waals surface area contributed by atoms with Gasteiger partial charge in [-0.2, -0.15) is 0 Å². The van der Waals surface area contributed by atoms with Crippen LogP contribution in [0.15, 0.2) is 0 Å². The van der Waals surface area contributed by atoms with Crippen molar-refractivity contribution in [1.82, 2.24) is 14.5 Å². The maximum Gasteiger partial charge on any atom is 0.0184 e. The summed E-state index contributed by atoms with van der Waals surface area (Å²) in [5, 5.41) is 0. The van der Waals surface area contributed by atoms with Gasteiger partial charge in [0.1, 0.15) is 0 Å². The first-order valence-corrected chi connectivity index (χ1v) is 6.56. The van der Waals surface area contributed by atoms with Gasteiger partial charge in [-0.05, 0) is 26.3 Å². The molecule has 1 N–H and O–H groups in total. The molecule has 1 aliphatic heterocycles. The number of thiol groups is 1. The summed E-state index contributed by atoms with van der Waals surface area (Å²) in [6.45, 7) is 4.96. The van der Waals surface area contributed by atoms with Gasteiger partial charge in [-0.3, -0.25) is 9.62 Å². The van der Waals surface area contributed by atoms with Crippen LogP contribution in [-0.2, 0) is 0 Å². The Hall–Kier alpha value is 0.230. The van der Waals surface area contributed by atoms with E-state index in [1.807, 2.05) is 0 Å². The number of nitrogens with zero attached hydrogens (tertiary/aromatic N) is 2. The Labute approximate surface area is 98.7 Å². The molecule has 0 aromatic rings. The highest BCUT2D eigenvalue weighted by Gasteiger charge is 2.27. The Morgan fingerprint density at radius 3 is 2.53 bits per heavy atom. The van der Waals surface area contributed by atoms with Crippen LogP contribution < -0.4 is 4.72 Å². The predicted molar refractivity (Wildman–Crippen MR) is 67.2 cm³/mol. The minimum absolute atomic E-state index is 0.631. The summed E-state index contributed by atoms with van der Waals surface area (Å²) in [5.41, 5.74) is 0. The van der Waals surface area contributed by atoms with Gasteiger partial charge in [0.05, 0.1) is 0 Å². The zero-order valence-corrected chi connectivity index (χ0v) is 10.5. The molecule has 2 fully saturated rings. The van der Waals surface area contributed by atoms with Crippen molar-refractivity contribution in [2.75, 3.05) is 33.2 Å². The minimum atomic E-state index is 0.631. The second-order valence-corrected chi connectivity index (χ2v) is 5.24. The maximum absolute atomic E-state index is 4.21. The molecule has 2 rings (SSSR count). The predicted octanol–water partition coefficient (Wildman–Crippen LogP) is 0.979. The third-order valence-corrected chi connectivity index (χ3v) is 4.25. The summed E-state index contributed by atoms with van der Waals surface area (Å²) in [6.07, 6.45) is 5.33. The molecule has 0 aromatic heterocycles. The molecule has 0 aromatic carbocycles. The number of likely N-dealkylation sites (N-methyl/N-ethyl adjacent to an activating group) is 1. The van der Waals surface area contributed by atoms with Crippen molar-refractivity contribution in [2.24, 2.45) is 0 Å². The SMILES string of the molecule is CN1CCN(C2CCCC(NS)C2)CC1. The van der Waals surface area contributed by atoms with E-state index in [1.165, 1.54) is 51.9 Å². The third kappa shape index (κ3) is 3.09. The largest absolute Gasteiger partial charge is 0.304 e. The van der Waals surface area contributed by atoms with E-state index in [2.05, 4.69) is 34.4 Å². The molecular formula is C11H23N3S. The summed E-state index contributed by atoms with van der Waals surface area (Å²) in [4.78, 5) is 5.10. The molecule has 0 radical (unpaired) electrons. The molecule has 2 atom stereocenters. The fraction of sp³-hybridized carbons (Fsp3) is 1.00. The molecule has 88 valence electrons. The summed E-state index contributed by atoms with van der Waals surface area (Å²) in [6, 6.07) is 1.43. The summed E-state index contributed by atoms with van der Waals surface area (Å²) < 4.78 is 3.14. The van der Waals surface area contributed by atoms with Crippen LogP contribution in [0.2, 0.25) is 0 Å². The standard InChI is InChI=1S/C11H23N3S/c1-13-5-7-14(8-6-13)11-4-2-3-10(9-11)12-15/h10-12,15H,2-9H2,1H3. The highest BCUT2D eigenvalue weighted by Crippen LogP contribution is 2.24. The van der Waals surface area contributed by atoms with Crippen LogP contribution in [0, 0.1) is 0 Å². The molecular weight excluding hydrogens is 206 g/mol. The molecule has 0 amide bonds. The first-order valence-electron chi connectivity index (χ1n) is 6.12. The topological polar surface area (TPSA) is 18.5 Å². The second-order valence-electron chi connectivity index (χ2n) is 4.99. The van der Waals surface area contributed by atoms with Crippen LogP contribution in [0.3, 0.4) is 0 Å². The Balaban J connectivity index is 1.82. The van der Waals surface area contributed by atoms with Crippen molar-refractivity contribution >= 4 is 12.8 Å². The van der Waals surface area contributed by atoms with E-state index < -0.39 is 0 Å². The van der Waals surface area contributed by atoms with E-state index in [-0.39, 0.29) is 0 Å². The first-order chi connectivity index (χ1) is 7.29. The molecule has 3 nitrogen and oxygen atoms in total. The van der Waals surface area contributed by atoms with E-state index >= 15 is 0 Å². The molecule has 1 aliphatic carbocycles. The number of nitrogens with one attached hydrogen (secondary N) is 1. The number of rotatable bonds is 2. The smallest absolute Gasteiger partial charge is 0.0184 e. The van der Waals surface area contributed by atoms with Gasteiger partial charge in [0.2, 0.25) is 0 Å². The van der Waals surface area contributed by atoms with Crippen molar-refractivity contribution < 1.29 is 0 Å². The second kappa shape index (κ2) is 5.53. The fourth-order valence-corrected chi connectivity index (χ4v) is 3.03. The fourth-order valence-electron chi connectivity index (χ4n) is 2.80. The van der Waals surface area contributed by atoms with E-state index in [0.717, 1.165) is 6.04 Å². The maximum atomic E-state index is 4.21. The number of hydrogen-bond acceptors (Lipinski definition) is 4. The van der Waals surface area contributed by atoms with Gasteiger partial charge < -0.3 is 4.90 Å². The number of piperazine rings is 1. The monoisotopic (exact) mass is 229 g/mol. The molecule has 15 heavy (non-hydrogen) atoms. The van der Waals surface area contributed by atoms with Crippen molar-refractivity contribution in [3.8, 4) is 0 Å². The lowest BCUT2D eigenvalue weighted by Gasteiger charge is -2.41. The van der Waals surface area contributed by atoms with Crippen molar-refractivity contribution in [3.63, 3.8) is 0 Å². The van der Waals surface area contributed by atoms with Crippen LogP contribution in [0.1, 0.15) is 25.7 Å². The molecule has 1 saturated carbocycles. The molecule has 2 aliphatic rings. The van der Waals surface area contributed by atoms with E-state index in [4.69, 9.17) is 0 Å². The van der Waals surface area contributed by atoms with Crippen LogP contribution in [0.25, 0.3) is 0 Å². The van der Waals surface area contributed by atoms with Crippen molar-refractivity contribution in [2.45, 2.75) is 37.8 Å². The zero-order chi connectivity index (χ0) is 10.7. The highest BCUT2D eigenvalue weighted by atomic mass is 32.1. The van der Waals surface area contributed by atoms with Gasteiger partial charge in [0, 0.05) is 38.3 Å². The average molecular weight is 229 g/mol. The van der Waals surface area contributed by atoms with Crippen LogP contribution in [0.5, 0.6) is 0 Å². The molecule has 4 heteroatoms. The molecule has 0 spiro atoms. The van der Waals surface area contributed by atoms with E-state index in [9.17, 15) is 0 Å². The Bertz CT molecular complexity index is 192. The van der Waals surface area contributed by atoms with Gasteiger partial charge in [-0.1, -0.05) is 19.2 Å². The first kappa shape index (κ1) is 11.7. The lowest BCUT2D eigenvalue weighted by Crippen LogP contribution is -2.51. The van der Waals surface area contributed by atoms with Crippen molar-refractivity contribution in [3.05, 3.63) is 0 Å². The Morgan fingerprint density at radius 2 is 1.87 bits per heavy atom. The van der Waals surface area contributed by atoms with Gasteiger partial charge in [-0.25, -0.2) is 0 Å². The Kier molecular flexibility index (Phi) is 4.31. The minimum Gasteiger partial charge on any atom is -0.304 e. The van der Waals surface area contributed by atoms with Crippen LogP contribution >= 0.6 is 12.8 Å². The summed E-state index contributed by atoms with van der Waals surface area (Å²) >= 11 is 4.21. The van der Waals surface area contributed by atoms with Crippen molar-refractivity contribution in [1.29, 1.82) is 0 Å². The Morgan fingerprint density at radius 1 is 1.13 bits per heavy atom. The quantitative estimate of drug-likeness (QED) is 0.688. The lowest BCUT2D eigenvalue weighted by molar-refractivity contribution is 0.0856.